The Kier molecular flexibility index (Phi) is 2.42. The van der Waals surface area contributed by atoms with Crippen LogP contribution < -0.4 is 0 Å². The third-order valence-electron chi connectivity index (χ3n) is 4.47. The molecule has 0 spiro atoms. The molecule has 0 saturated heterocycles. The minimum absolute atomic E-state index is 0.0121. The van der Waals surface area contributed by atoms with Gasteiger partial charge in [0.25, 0.3) is 0 Å². The lowest BCUT2D eigenvalue weighted by Crippen LogP contribution is -2.61. The number of aliphatic hydroxyl groups is 2. The zero-order valence-electron chi connectivity index (χ0n) is 9.89. The van der Waals surface area contributed by atoms with E-state index in [9.17, 15) is 19.0 Å². The minimum Gasteiger partial charge on any atom is -0.396 e. The molecule has 0 amide bonds. The predicted octanol–water partition coefficient (Wildman–Crippen LogP) is 2.34. The molecule has 0 radical (unpaired) electrons. The molecule has 94 valence electrons. The van der Waals surface area contributed by atoms with Gasteiger partial charge in [-0.15, -0.1) is 0 Å². The summed E-state index contributed by atoms with van der Waals surface area (Å²) in [6, 6.07) is 0. The SMILES string of the molecule is CC1(C)CCC(O)(C2(CO)CC(F)(F)C2)C1. The number of alkyl halides is 2. The summed E-state index contributed by atoms with van der Waals surface area (Å²) in [5.41, 5.74) is -2.08. The Morgan fingerprint density at radius 3 is 1.94 bits per heavy atom. The number of hydrogen-bond acceptors (Lipinski definition) is 2. The molecular weight excluding hydrogens is 214 g/mol. The summed E-state index contributed by atoms with van der Waals surface area (Å²) in [4.78, 5) is 0. The Hall–Kier alpha value is -0.220. The van der Waals surface area contributed by atoms with Gasteiger partial charge in [-0.25, -0.2) is 8.78 Å². The molecule has 0 aromatic heterocycles. The molecule has 4 heteroatoms. The molecule has 16 heavy (non-hydrogen) atoms. The quantitative estimate of drug-likeness (QED) is 0.770. The molecule has 1 atom stereocenters. The van der Waals surface area contributed by atoms with Crippen molar-refractivity contribution in [3.63, 3.8) is 0 Å². The van der Waals surface area contributed by atoms with Gasteiger partial charge in [-0.1, -0.05) is 13.8 Å². The molecule has 2 saturated carbocycles. The molecule has 2 aliphatic rings. The van der Waals surface area contributed by atoms with Crippen molar-refractivity contribution < 1.29 is 19.0 Å². The largest absolute Gasteiger partial charge is 0.396 e. The lowest BCUT2D eigenvalue weighted by atomic mass is 9.56. The summed E-state index contributed by atoms with van der Waals surface area (Å²) in [5.74, 6) is -2.70. The summed E-state index contributed by atoms with van der Waals surface area (Å²) in [6.45, 7) is 3.73. The molecule has 0 aromatic rings. The van der Waals surface area contributed by atoms with Gasteiger partial charge in [-0.05, 0) is 24.7 Å². The molecule has 0 aliphatic heterocycles. The molecule has 1 unspecified atom stereocenters. The van der Waals surface area contributed by atoms with Crippen molar-refractivity contribution in [2.45, 2.75) is 57.5 Å². The molecule has 0 heterocycles. The van der Waals surface area contributed by atoms with Gasteiger partial charge in [0, 0.05) is 18.3 Å². The summed E-state index contributed by atoms with van der Waals surface area (Å²) in [5, 5.41) is 19.9. The number of hydrogen-bond donors (Lipinski definition) is 2. The van der Waals surface area contributed by atoms with Gasteiger partial charge in [-0.3, -0.25) is 0 Å². The number of aliphatic hydroxyl groups excluding tert-OH is 1. The standard InChI is InChI=1S/C12H20F2O2/c1-9(2)3-4-11(16,5-9)10(8-15)6-12(13,14)7-10/h15-16H,3-8H2,1-2H3. The molecule has 0 bridgehead atoms. The third kappa shape index (κ3) is 1.66. The van der Waals surface area contributed by atoms with Crippen LogP contribution in [0.1, 0.15) is 46.0 Å². The van der Waals surface area contributed by atoms with Crippen LogP contribution in [0.2, 0.25) is 0 Å². The maximum atomic E-state index is 13.0. The smallest absolute Gasteiger partial charge is 0.249 e. The van der Waals surface area contributed by atoms with Gasteiger partial charge < -0.3 is 10.2 Å². The predicted molar refractivity (Wildman–Crippen MR) is 56.3 cm³/mol. The average molecular weight is 234 g/mol. The van der Waals surface area contributed by atoms with Crippen molar-refractivity contribution in [1.82, 2.24) is 0 Å². The zero-order chi connectivity index (χ0) is 12.2. The second-order valence-corrected chi connectivity index (χ2v) is 6.52. The molecule has 2 aliphatic carbocycles. The highest BCUT2D eigenvalue weighted by atomic mass is 19.3. The molecule has 2 N–H and O–H groups in total. The van der Waals surface area contributed by atoms with Crippen molar-refractivity contribution in [2.75, 3.05) is 6.61 Å². The van der Waals surface area contributed by atoms with E-state index in [1.165, 1.54) is 0 Å². The first kappa shape index (κ1) is 12.2. The average Bonchev–Trinajstić information content (AvgIpc) is 2.37. The van der Waals surface area contributed by atoms with Gasteiger partial charge in [0.1, 0.15) is 0 Å². The van der Waals surface area contributed by atoms with E-state index in [0.717, 1.165) is 6.42 Å². The van der Waals surface area contributed by atoms with Gasteiger partial charge in [0.15, 0.2) is 0 Å². The van der Waals surface area contributed by atoms with Crippen LogP contribution in [-0.4, -0.2) is 28.3 Å². The van der Waals surface area contributed by atoms with Crippen LogP contribution >= 0.6 is 0 Å². The van der Waals surface area contributed by atoms with Crippen LogP contribution in [-0.2, 0) is 0 Å². The summed E-state index contributed by atoms with van der Waals surface area (Å²) in [7, 11) is 0. The fourth-order valence-electron chi connectivity index (χ4n) is 3.49. The van der Waals surface area contributed by atoms with E-state index >= 15 is 0 Å². The Bertz CT molecular complexity index is 293. The van der Waals surface area contributed by atoms with Gasteiger partial charge >= 0.3 is 0 Å². The minimum atomic E-state index is -2.70. The normalized spacial score (nSPS) is 39.4. The van der Waals surface area contributed by atoms with Gasteiger partial charge in [0.2, 0.25) is 5.92 Å². The number of halogens is 2. The van der Waals surface area contributed by atoms with Crippen LogP contribution in [0.15, 0.2) is 0 Å². The Labute approximate surface area is 94.7 Å². The van der Waals surface area contributed by atoms with E-state index in [1.807, 2.05) is 13.8 Å². The lowest BCUT2D eigenvalue weighted by molar-refractivity contribution is -0.251. The molecule has 2 nitrogen and oxygen atoms in total. The van der Waals surface area contributed by atoms with E-state index in [2.05, 4.69) is 0 Å². The Morgan fingerprint density at radius 1 is 1.06 bits per heavy atom. The third-order valence-corrected chi connectivity index (χ3v) is 4.47. The molecule has 2 fully saturated rings. The summed E-state index contributed by atoms with van der Waals surface area (Å²) < 4.78 is 26.0. The Balaban J connectivity index is 2.18. The first-order valence-electron chi connectivity index (χ1n) is 5.85. The van der Waals surface area contributed by atoms with E-state index in [-0.39, 0.29) is 24.9 Å². The maximum Gasteiger partial charge on any atom is 0.249 e. The first-order chi connectivity index (χ1) is 7.14. The van der Waals surface area contributed by atoms with Crippen LogP contribution in [0.4, 0.5) is 8.78 Å². The fourth-order valence-corrected chi connectivity index (χ4v) is 3.49. The van der Waals surface area contributed by atoms with Crippen molar-refractivity contribution in [1.29, 1.82) is 0 Å². The highest BCUT2D eigenvalue weighted by Gasteiger charge is 2.67. The van der Waals surface area contributed by atoms with Crippen molar-refractivity contribution >= 4 is 0 Å². The maximum absolute atomic E-state index is 13.0. The second kappa shape index (κ2) is 3.16. The first-order valence-corrected chi connectivity index (χ1v) is 5.85. The van der Waals surface area contributed by atoms with Crippen molar-refractivity contribution in [3.05, 3.63) is 0 Å². The van der Waals surface area contributed by atoms with E-state index in [4.69, 9.17) is 0 Å². The van der Waals surface area contributed by atoms with E-state index in [0.29, 0.717) is 12.8 Å². The topological polar surface area (TPSA) is 40.5 Å². The molecule has 0 aromatic carbocycles. The summed E-state index contributed by atoms with van der Waals surface area (Å²) >= 11 is 0. The highest BCUT2D eigenvalue weighted by molar-refractivity contribution is 5.13. The lowest BCUT2D eigenvalue weighted by Gasteiger charge is -2.54. The van der Waals surface area contributed by atoms with Gasteiger partial charge in [-0.2, -0.15) is 0 Å². The van der Waals surface area contributed by atoms with Crippen LogP contribution in [0.25, 0.3) is 0 Å². The van der Waals surface area contributed by atoms with Crippen LogP contribution in [0.3, 0.4) is 0 Å². The van der Waals surface area contributed by atoms with Crippen molar-refractivity contribution in [3.8, 4) is 0 Å². The summed E-state index contributed by atoms with van der Waals surface area (Å²) in [6.07, 6.45) is 1.12. The van der Waals surface area contributed by atoms with Crippen LogP contribution in [0, 0.1) is 10.8 Å². The molecular formula is C12H20F2O2. The zero-order valence-corrected chi connectivity index (χ0v) is 9.89. The highest BCUT2D eigenvalue weighted by Crippen LogP contribution is 2.63. The van der Waals surface area contributed by atoms with E-state index in [1.54, 1.807) is 0 Å². The molecule has 2 rings (SSSR count). The number of rotatable bonds is 2. The van der Waals surface area contributed by atoms with Crippen LogP contribution in [0.5, 0.6) is 0 Å². The Morgan fingerprint density at radius 2 is 1.62 bits per heavy atom. The van der Waals surface area contributed by atoms with E-state index < -0.39 is 16.9 Å². The van der Waals surface area contributed by atoms with Crippen molar-refractivity contribution in [2.24, 2.45) is 10.8 Å². The fraction of sp³-hybridized carbons (Fsp3) is 1.00. The van der Waals surface area contributed by atoms with Gasteiger partial charge in [0.05, 0.1) is 12.2 Å². The second-order valence-electron chi connectivity index (χ2n) is 6.52. The monoisotopic (exact) mass is 234 g/mol.